The molecule has 26 heavy (non-hydrogen) atoms. The Balaban J connectivity index is 1.66. The third-order valence-electron chi connectivity index (χ3n) is 5.23. The molecule has 0 saturated heterocycles. The number of oxazole rings is 1. The summed E-state index contributed by atoms with van der Waals surface area (Å²) < 4.78 is 5.94. The first kappa shape index (κ1) is 16.9. The van der Waals surface area contributed by atoms with E-state index in [1.807, 2.05) is 24.0 Å². The molecule has 0 spiro atoms. The van der Waals surface area contributed by atoms with E-state index < -0.39 is 0 Å². The zero-order valence-electron chi connectivity index (χ0n) is 16.1. The number of nitrogens with zero attached hydrogens (tertiary/aromatic N) is 2. The molecule has 3 aromatic rings. The molecule has 0 unspecified atom stereocenters. The van der Waals surface area contributed by atoms with Crippen LogP contribution < -0.4 is 0 Å². The van der Waals surface area contributed by atoms with Crippen molar-refractivity contribution in [3.8, 4) is 0 Å². The maximum atomic E-state index is 13.2. The van der Waals surface area contributed by atoms with E-state index in [-0.39, 0.29) is 11.3 Å². The summed E-state index contributed by atoms with van der Waals surface area (Å²) >= 11 is 0. The smallest absolute Gasteiger partial charge is 0.256 e. The van der Waals surface area contributed by atoms with Crippen molar-refractivity contribution in [3.05, 3.63) is 52.4 Å². The van der Waals surface area contributed by atoms with Gasteiger partial charge in [0.2, 0.25) is 0 Å². The maximum Gasteiger partial charge on any atom is 0.256 e. The van der Waals surface area contributed by atoms with Crippen LogP contribution in [0.25, 0.3) is 10.9 Å². The molecule has 1 aliphatic rings. The Bertz CT molecular complexity index is 1000. The lowest BCUT2D eigenvalue weighted by atomic mass is 9.97. The maximum absolute atomic E-state index is 13.2. The van der Waals surface area contributed by atoms with E-state index in [0.29, 0.717) is 19.5 Å². The van der Waals surface area contributed by atoms with E-state index >= 15 is 0 Å². The van der Waals surface area contributed by atoms with Crippen molar-refractivity contribution >= 4 is 16.8 Å². The molecule has 0 fully saturated rings. The van der Waals surface area contributed by atoms with E-state index in [0.717, 1.165) is 39.5 Å². The van der Waals surface area contributed by atoms with Gasteiger partial charge in [-0.3, -0.25) is 4.79 Å². The van der Waals surface area contributed by atoms with Crippen molar-refractivity contribution in [1.82, 2.24) is 14.9 Å². The van der Waals surface area contributed by atoms with Gasteiger partial charge in [0.1, 0.15) is 11.5 Å². The van der Waals surface area contributed by atoms with Gasteiger partial charge in [0, 0.05) is 29.5 Å². The van der Waals surface area contributed by atoms with Gasteiger partial charge in [0.15, 0.2) is 5.89 Å². The third-order valence-corrected chi connectivity index (χ3v) is 5.23. The SMILES string of the molecule is Cc1[nH]c2c(C(=O)N3CCc4oc(C(C)(C)C)nc4C3)cccc2c1C. The van der Waals surface area contributed by atoms with Gasteiger partial charge in [-0.2, -0.15) is 0 Å². The number of aryl methyl sites for hydroxylation is 2. The summed E-state index contributed by atoms with van der Waals surface area (Å²) in [4.78, 5) is 23.1. The predicted molar refractivity (Wildman–Crippen MR) is 101 cm³/mol. The molecule has 0 bridgehead atoms. The molecule has 0 saturated carbocycles. The molecule has 136 valence electrons. The lowest BCUT2D eigenvalue weighted by Crippen LogP contribution is -2.36. The van der Waals surface area contributed by atoms with Gasteiger partial charge in [0.25, 0.3) is 5.91 Å². The number of carbonyl (C=O) groups excluding carboxylic acids is 1. The van der Waals surface area contributed by atoms with Gasteiger partial charge in [-0.15, -0.1) is 0 Å². The number of fused-ring (bicyclic) bond motifs is 2. The standard InChI is InChI=1S/C21H25N3O2/c1-12-13(2)22-18-14(12)7-6-8-15(18)19(25)24-10-9-17-16(11-24)23-20(26-17)21(3,4)5/h6-8,22H,9-11H2,1-5H3. The molecule has 3 heterocycles. The minimum atomic E-state index is -0.128. The quantitative estimate of drug-likeness (QED) is 0.712. The van der Waals surface area contributed by atoms with Crippen LogP contribution in [0.5, 0.6) is 0 Å². The second-order valence-electron chi connectivity index (χ2n) is 8.22. The van der Waals surface area contributed by atoms with E-state index in [9.17, 15) is 4.79 Å². The molecule has 0 aliphatic carbocycles. The van der Waals surface area contributed by atoms with Crippen molar-refractivity contribution in [2.45, 2.75) is 53.0 Å². The Labute approximate surface area is 153 Å². The van der Waals surface area contributed by atoms with Crippen LogP contribution in [0.15, 0.2) is 22.6 Å². The summed E-state index contributed by atoms with van der Waals surface area (Å²) in [6, 6.07) is 5.92. The number of amides is 1. The topological polar surface area (TPSA) is 62.1 Å². The third kappa shape index (κ3) is 2.62. The molecule has 0 atom stereocenters. The van der Waals surface area contributed by atoms with Gasteiger partial charge in [-0.05, 0) is 25.5 Å². The van der Waals surface area contributed by atoms with Crippen molar-refractivity contribution < 1.29 is 9.21 Å². The lowest BCUT2D eigenvalue weighted by molar-refractivity contribution is 0.0729. The van der Waals surface area contributed by atoms with Gasteiger partial charge in [0.05, 0.1) is 17.6 Å². The number of rotatable bonds is 1. The number of hydrogen-bond donors (Lipinski definition) is 1. The second-order valence-corrected chi connectivity index (χ2v) is 8.22. The van der Waals surface area contributed by atoms with Crippen LogP contribution in [-0.4, -0.2) is 27.3 Å². The van der Waals surface area contributed by atoms with Gasteiger partial charge < -0.3 is 14.3 Å². The Morgan fingerprint density at radius 2 is 2.04 bits per heavy atom. The number of H-pyrrole nitrogens is 1. The fourth-order valence-corrected chi connectivity index (χ4v) is 3.52. The zero-order valence-corrected chi connectivity index (χ0v) is 16.1. The number of benzene rings is 1. The summed E-state index contributed by atoms with van der Waals surface area (Å²) in [5.41, 5.74) is 4.71. The van der Waals surface area contributed by atoms with Gasteiger partial charge in [-0.1, -0.05) is 32.9 Å². The van der Waals surface area contributed by atoms with Crippen LogP contribution in [0, 0.1) is 13.8 Å². The number of hydrogen-bond acceptors (Lipinski definition) is 3. The molecular formula is C21H25N3O2. The first-order valence-corrected chi connectivity index (χ1v) is 9.12. The monoisotopic (exact) mass is 351 g/mol. The minimum Gasteiger partial charge on any atom is -0.445 e. The highest BCUT2D eigenvalue weighted by atomic mass is 16.4. The number of aromatic nitrogens is 2. The largest absolute Gasteiger partial charge is 0.445 e. The summed E-state index contributed by atoms with van der Waals surface area (Å²) in [5, 5.41) is 1.11. The first-order valence-electron chi connectivity index (χ1n) is 9.12. The first-order chi connectivity index (χ1) is 12.3. The molecule has 4 rings (SSSR count). The fourth-order valence-electron chi connectivity index (χ4n) is 3.52. The summed E-state index contributed by atoms with van der Waals surface area (Å²) in [7, 11) is 0. The molecule has 5 heteroatoms. The summed E-state index contributed by atoms with van der Waals surface area (Å²) in [6.07, 6.45) is 0.711. The van der Waals surface area contributed by atoms with Crippen molar-refractivity contribution in [1.29, 1.82) is 0 Å². The second kappa shape index (κ2) is 5.73. The highest BCUT2D eigenvalue weighted by Crippen LogP contribution is 2.29. The molecule has 1 aromatic carbocycles. The predicted octanol–water partition coefficient (Wildman–Crippen LogP) is 4.27. The molecule has 2 aromatic heterocycles. The Morgan fingerprint density at radius 1 is 1.27 bits per heavy atom. The Kier molecular flexibility index (Phi) is 3.72. The van der Waals surface area contributed by atoms with Crippen molar-refractivity contribution in [3.63, 3.8) is 0 Å². The summed E-state index contributed by atoms with van der Waals surface area (Å²) in [5.74, 6) is 1.71. The number of para-hydroxylation sites is 1. The summed E-state index contributed by atoms with van der Waals surface area (Å²) in [6.45, 7) is 11.5. The van der Waals surface area contributed by atoms with Crippen LogP contribution in [0.1, 0.15) is 59.7 Å². The molecule has 0 radical (unpaired) electrons. The van der Waals surface area contributed by atoms with Crippen molar-refractivity contribution in [2.75, 3.05) is 6.54 Å². The number of aromatic amines is 1. The van der Waals surface area contributed by atoms with Crippen LogP contribution in [0.2, 0.25) is 0 Å². The van der Waals surface area contributed by atoms with E-state index in [1.54, 1.807) is 0 Å². The van der Waals surface area contributed by atoms with E-state index in [2.05, 4.69) is 43.7 Å². The Morgan fingerprint density at radius 3 is 2.77 bits per heavy atom. The molecule has 1 N–H and O–H groups in total. The van der Waals surface area contributed by atoms with E-state index in [1.165, 1.54) is 5.56 Å². The highest BCUT2D eigenvalue weighted by Gasteiger charge is 2.30. The van der Waals surface area contributed by atoms with Gasteiger partial charge in [-0.25, -0.2) is 4.98 Å². The van der Waals surface area contributed by atoms with Crippen LogP contribution in [0.3, 0.4) is 0 Å². The average molecular weight is 351 g/mol. The van der Waals surface area contributed by atoms with Crippen LogP contribution in [0.4, 0.5) is 0 Å². The van der Waals surface area contributed by atoms with Crippen LogP contribution in [-0.2, 0) is 18.4 Å². The molecule has 1 aliphatic heterocycles. The normalized spacial score (nSPS) is 14.7. The number of carbonyl (C=O) groups is 1. The van der Waals surface area contributed by atoms with E-state index in [4.69, 9.17) is 4.42 Å². The molecule has 5 nitrogen and oxygen atoms in total. The highest BCUT2D eigenvalue weighted by molar-refractivity contribution is 6.06. The minimum absolute atomic E-state index is 0.0443. The zero-order chi connectivity index (χ0) is 18.6. The van der Waals surface area contributed by atoms with Gasteiger partial charge >= 0.3 is 0 Å². The van der Waals surface area contributed by atoms with Crippen molar-refractivity contribution in [2.24, 2.45) is 0 Å². The average Bonchev–Trinajstić information content (AvgIpc) is 3.15. The molecular weight excluding hydrogens is 326 g/mol. The lowest BCUT2D eigenvalue weighted by Gasteiger charge is -2.25. The number of nitrogens with one attached hydrogen (secondary N) is 1. The Hall–Kier alpha value is -2.56. The fraction of sp³-hybridized carbons (Fsp3) is 0.429. The van der Waals surface area contributed by atoms with Crippen LogP contribution >= 0.6 is 0 Å². The molecule has 1 amide bonds.